The molecule has 0 aliphatic rings. The van der Waals surface area contributed by atoms with Crippen molar-refractivity contribution in [3.63, 3.8) is 0 Å². The van der Waals surface area contributed by atoms with E-state index in [1.54, 1.807) is 0 Å². The summed E-state index contributed by atoms with van der Waals surface area (Å²) in [5.74, 6) is -1.21. The van der Waals surface area contributed by atoms with Gasteiger partial charge in [-0.2, -0.15) is 0 Å². The van der Waals surface area contributed by atoms with E-state index in [1.165, 1.54) is 55.6 Å². The summed E-state index contributed by atoms with van der Waals surface area (Å²) in [6.07, 6.45) is 0. The fourth-order valence-corrected chi connectivity index (χ4v) is 1.92. The molecule has 0 aliphatic carbocycles. The van der Waals surface area contributed by atoms with Gasteiger partial charge in [0, 0.05) is 42.4 Å². The highest BCUT2D eigenvalue weighted by Gasteiger charge is 2.17. The van der Waals surface area contributed by atoms with Gasteiger partial charge in [-0.3, -0.25) is 40.3 Å². The first-order chi connectivity index (χ1) is 11.8. The van der Waals surface area contributed by atoms with Gasteiger partial charge >= 0.3 is 0 Å². The van der Waals surface area contributed by atoms with Crippen molar-refractivity contribution in [3.8, 4) is 0 Å². The summed E-state index contributed by atoms with van der Waals surface area (Å²) in [6.45, 7) is 0. The van der Waals surface area contributed by atoms with E-state index in [2.05, 4.69) is 5.43 Å². The van der Waals surface area contributed by atoms with Gasteiger partial charge in [-0.25, -0.2) is 0 Å². The van der Waals surface area contributed by atoms with Crippen molar-refractivity contribution in [2.75, 3.05) is 7.05 Å². The van der Waals surface area contributed by atoms with Crippen molar-refractivity contribution in [3.05, 3.63) is 79.9 Å². The number of nitro benzene ring substituents is 2. The van der Waals surface area contributed by atoms with Gasteiger partial charge in [-0.05, 0) is 24.3 Å². The maximum absolute atomic E-state index is 12.2. The van der Waals surface area contributed by atoms with E-state index in [-0.39, 0.29) is 22.5 Å². The molecule has 0 fully saturated rings. The maximum atomic E-state index is 12.2. The van der Waals surface area contributed by atoms with Crippen LogP contribution in [0.4, 0.5) is 11.4 Å². The van der Waals surface area contributed by atoms with E-state index in [4.69, 9.17) is 0 Å². The smallest absolute Gasteiger partial charge is 0.267 e. The van der Waals surface area contributed by atoms with E-state index < -0.39 is 21.7 Å². The molecule has 10 heteroatoms. The minimum absolute atomic E-state index is 0.133. The highest BCUT2D eigenvalue weighted by atomic mass is 16.6. The number of nitro groups is 2. The topological polar surface area (TPSA) is 136 Å². The molecule has 0 radical (unpaired) electrons. The van der Waals surface area contributed by atoms with Crippen molar-refractivity contribution < 1.29 is 19.4 Å². The lowest BCUT2D eigenvalue weighted by Crippen LogP contribution is -2.43. The van der Waals surface area contributed by atoms with Gasteiger partial charge < -0.3 is 0 Å². The molecule has 1 N–H and O–H groups in total. The van der Waals surface area contributed by atoms with Crippen molar-refractivity contribution in [2.45, 2.75) is 0 Å². The molecule has 0 unspecified atom stereocenters. The predicted molar refractivity (Wildman–Crippen MR) is 85.8 cm³/mol. The monoisotopic (exact) mass is 344 g/mol. The normalized spacial score (nSPS) is 9.96. The van der Waals surface area contributed by atoms with Crippen LogP contribution in [0.5, 0.6) is 0 Å². The van der Waals surface area contributed by atoms with Crippen LogP contribution in [0, 0.1) is 20.2 Å². The first-order valence-electron chi connectivity index (χ1n) is 6.87. The number of non-ortho nitro benzene ring substituents is 2. The Morgan fingerprint density at radius 3 is 1.64 bits per heavy atom. The molecule has 0 aromatic heterocycles. The molecule has 0 saturated carbocycles. The standard InChI is InChI=1S/C15H12N4O6/c1-17(15(21)11-4-8-13(9-5-11)19(24)25)16-14(20)10-2-6-12(7-3-10)18(22)23/h2-9H,1H3,(H,16,20). The summed E-state index contributed by atoms with van der Waals surface area (Å²) >= 11 is 0. The van der Waals surface area contributed by atoms with Crippen molar-refractivity contribution in [1.82, 2.24) is 10.4 Å². The van der Waals surface area contributed by atoms with E-state index in [9.17, 15) is 29.8 Å². The largest absolute Gasteiger partial charge is 0.272 e. The molecule has 0 saturated heterocycles. The van der Waals surface area contributed by atoms with Gasteiger partial charge in [0.25, 0.3) is 23.2 Å². The summed E-state index contributed by atoms with van der Waals surface area (Å²) in [4.78, 5) is 44.2. The van der Waals surface area contributed by atoms with Crippen LogP contribution in [0.3, 0.4) is 0 Å². The Balaban J connectivity index is 2.05. The van der Waals surface area contributed by atoms with Crippen LogP contribution in [0.1, 0.15) is 20.7 Å². The fraction of sp³-hybridized carbons (Fsp3) is 0.0667. The lowest BCUT2D eigenvalue weighted by molar-refractivity contribution is -0.385. The highest BCUT2D eigenvalue weighted by Crippen LogP contribution is 2.14. The summed E-state index contributed by atoms with van der Waals surface area (Å²) in [6, 6.07) is 9.78. The third-order valence-corrected chi connectivity index (χ3v) is 3.24. The molecular weight excluding hydrogens is 332 g/mol. The van der Waals surface area contributed by atoms with Gasteiger partial charge in [0.05, 0.1) is 9.85 Å². The second kappa shape index (κ2) is 7.17. The molecule has 0 bridgehead atoms. The van der Waals surface area contributed by atoms with Crippen molar-refractivity contribution in [1.29, 1.82) is 0 Å². The average molecular weight is 344 g/mol. The average Bonchev–Trinajstić information content (AvgIpc) is 2.61. The number of rotatable bonds is 4. The molecule has 2 aromatic rings. The number of amides is 2. The van der Waals surface area contributed by atoms with Crippen molar-refractivity contribution in [2.24, 2.45) is 0 Å². The Labute approximate surface area is 140 Å². The number of carbonyl (C=O) groups excluding carboxylic acids is 2. The van der Waals surface area contributed by atoms with E-state index >= 15 is 0 Å². The molecule has 0 heterocycles. The number of nitrogens with zero attached hydrogens (tertiary/aromatic N) is 3. The van der Waals surface area contributed by atoms with Crippen molar-refractivity contribution >= 4 is 23.2 Å². The maximum Gasteiger partial charge on any atom is 0.272 e. The lowest BCUT2D eigenvalue weighted by atomic mass is 10.2. The minimum Gasteiger partial charge on any atom is -0.267 e. The zero-order chi connectivity index (χ0) is 18.6. The number of hydrogen-bond donors (Lipinski definition) is 1. The first kappa shape index (κ1) is 17.5. The fourth-order valence-electron chi connectivity index (χ4n) is 1.92. The van der Waals surface area contributed by atoms with Gasteiger partial charge in [-0.15, -0.1) is 0 Å². The zero-order valence-corrected chi connectivity index (χ0v) is 12.9. The number of nitrogens with one attached hydrogen (secondary N) is 1. The molecule has 128 valence electrons. The van der Waals surface area contributed by atoms with Crippen LogP contribution in [-0.4, -0.2) is 33.7 Å². The highest BCUT2D eigenvalue weighted by molar-refractivity contribution is 5.99. The number of hydrogen-bond acceptors (Lipinski definition) is 6. The predicted octanol–water partition coefficient (Wildman–Crippen LogP) is 1.92. The molecular formula is C15H12N4O6. The molecule has 2 rings (SSSR count). The first-order valence-corrected chi connectivity index (χ1v) is 6.87. The molecule has 0 atom stereocenters. The quantitative estimate of drug-likeness (QED) is 0.664. The third kappa shape index (κ3) is 4.13. The number of benzene rings is 2. The van der Waals surface area contributed by atoms with E-state index in [0.29, 0.717) is 0 Å². The molecule has 0 aliphatic heterocycles. The van der Waals surface area contributed by atoms with Crippen LogP contribution in [0.15, 0.2) is 48.5 Å². The Morgan fingerprint density at radius 2 is 1.24 bits per heavy atom. The Kier molecular flexibility index (Phi) is 5.03. The van der Waals surface area contributed by atoms with Gasteiger partial charge in [-0.1, -0.05) is 0 Å². The second-order valence-corrected chi connectivity index (χ2v) is 4.91. The molecule has 25 heavy (non-hydrogen) atoms. The lowest BCUT2D eigenvalue weighted by Gasteiger charge is -2.18. The van der Waals surface area contributed by atoms with E-state index in [0.717, 1.165) is 5.01 Å². The molecule has 0 spiro atoms. The SMILES string of the molecule is CN(NC(=O)c1ccc([N+](=O)[O-])cc1)C(=O)c1ccc([N+](=O)[O-])cc1. The summed E-state index contributed by atoms with van der Waals surface area (Å²) in [7, 11) is 1.31. The molecule has 10 nitrogen and oxygen atoms in total. The number of carbonyl (C=O) groups is 2. The summed E-state index contributed by atoms with van der Waals surface area (Å²) in [5, 5.41) is 22.1. The minimum atomic E-state index is -0.632. The Bertz CT molecular complexity index is 832. The Morgan fingerprint density at radius 1 is 0.840 bits per heavy atom. The Hall–Kier alpha value is -3.82. The molecule has 2 aromatic carbocycles. The van der Waals surface area contributed by atoms with Gasteiger partial charge in [0.15, 0.2) is 0 Å². The van der Waals surface area contributed by atoms with Gasteiger partial charge in [0.2, 0.25) is 0 Å². The summed E-state index contributed by atoms with van der Waals surface area (Å²) < 4.78 is 0. The third-order valence-electron chi connectivity index (χ3n) is 3.24. The zero-order valence-electron chi connectivity index (χ0n) is 12.9. The second-order valence-electron chi connectivity index (χ2n) is 4.91. The van der Waals surface area contributed by atoms with E-state index in [1.807, 2.05) is 0 Å². The van der Waals surface area contributed by atoms with Crippen LogP contribution >= 0.6 is 0 Å². The summed E-state index contributed by atoms with van der Waals surface area (Å²) in [5.41, 5.74) is 2.29. The van der Waals surface area contributed by atoms with Gasteiger partial charge in [0.1, 0.15) is 0 Å². The van der Waals surface area contributed by atoms with Crippen LogP contribution in [-0.2, 0) is 0 Å². The van der Waals surface area contributed by atoms with Crippen LogP contribution < -0.4 is 5.43 Å². The molecule has 2 amide bonds. The van der Waals surface area contributed by atoms with Crippen LogP contribution in [0.25, 0.3) is 0 Å². The number of hydrazine groups is 1. The van der Waals surface area contributed by atoms with Crippen LogP contribution in [0.2, 0.25) is 0 Å².